The molecule has 28 heavy (non-hydrogen) atoms. The van der Waals surface area contributed by atoms with E-state index in [-0.39, 0.29) is 23.8 Å². The zero-order valence-corrected chi connectivity index (χ0v) is 16.3. The van der Waals surface area contributed by atoms with Gasteiger partial charge in [-0.15, -0.1) is 0 Å². The van der Waals surface area contributed by atoms with E-state index in [0.29, 0.717) is 27.0 Å². The third kappa shape index (κ3) is 3.05. The fourth-order valence-corrected chi connectivity index (χ4v) is 4.20. The van der Waals surface area contributed by atoms with Gasteiger partial charge in [-0.05, 0) is 19.9 Å². The van der Waals surface area contributed by atoms with Crippen LogP contribution in [0.4, 0.5) is 13.9 Å². The van der Waals surface area contributed by atoms with Gasteiger partial charge in [0.1, 0.15) is 11.9 Å². The second-order valence-corrected chi connectivity index (χ2v) is 7.66. The Morgan fingerprint density at radius 3 is 2.89 bits per heavy atom. The van der Waals surface area contributed by atoms with E-state index in [1.165, 1.54) is 12.4 Å². The molecule has 1 amide bonds. The van der Waals surface area contributed by atoms with Gasteiger partial charge in [-0.2, -0.15) is 8.78 Å². The number of halogens is 2. The summed E-state index contributed by atoms with van der Waals surface area (Å²) in [5, 5.41) is 3.07. The number of anilines is 1. The number of thiazole rings is 1. The Morgan fingerprint density at radius 2 is 2.14 bits per heavy atom. The summed E-state index contributed by atoms with van der Waals surface area (Å²) in [5.41, 5.74) is 1.94. The van der Waals surface area contributed by atoms with Crippen LogP contribution in [0.2, 0.25) is 0 Å². The summed E-state index contributed by atoms with van der Waals surface area (Å²) in [6.45, 7) is 3.01. The first-order valence-electron chi connectivity index (χ1n) is 8.76. The number of imidazole rings is 1. The number of aromatic nitrogens is 3. The van der Waals surface area contributed by atoms with Gasteiger partial charge in [0.25, 0.3) is 5.91 Å². The number of amides is 1. The topological polar surface area (TPSA) is 69.0 Å². The quantitative estimate of drug-likeness (QED) is 0.675. The molecular formula is C19H18F2N4O2S. The van der Waals surface area contributed by atoms with Crippen LogP contribution >= 0.6 is 11.3 Å². The highest BCUT2D eigenvalue weighted by Crippen LogP contribution is 2.41. The second kappa shape index (κ2) is 6.97. The lowest BCUT2D eigenvalue weighted by molar-refractivity contribution is 0.0720. The fraction of sp³-hybridized carbons (Fsp3) is 0.316. The predicted octanol–water partition coefficient (Wildman–Crippen LogP) is 4.85. The number of benzene rings is 1. The molecule has 0 aliphatic carbocycles. The molecule has 3 aromatic rings. The molecule has 0 spiro atoms. The highest BCUT2D eigenvalue weighted by molar-refractivity contribution is 7.19. The smallest absolute Gasteiger partial charge is 0.320 e. The van der Waals surface area contributed by atoms with Crippen LogP contribution in [0.5, 0.6) is 5.75 Å². The average Bonchev–Trinajstić information content (AvgIpc) is 3.33. The number of nitrogens with zero attached hydrogens (tertiary/aromatic N) is 3. The van der Waals surface area contributed by atoms with Gasteiger partial charge in [-0.3, -0.25) is 14.7 Å². The lowest BCUT2D eigenvalue weighted by Gasteiger charge is -2.09. The van der Waals surface area contributed by atoms with Crippen molar-refractivity contribution in [1.82, 2.24) is 14.5 Å². The number of carbonyl (C=O) groups excluding carboxylic acids is 1. The Bertz CT molecular complexity index is 1050. The Balaban J connectivity index is 1.62. The Labute approximate surface area is 164 Å². The number of para-hydroxylation sites is 1. The van der Waals surface area contributed by atoms with Crippen molar-refractivity contribution in [3.05, 3.63) is 47.4 Å². The van der Waals surface area contributed by atoms with Crippen LogP contribution in [0, 0.1) is 6.92 Å². The number of hydrogen-bond acceptors (Lipinski definition) is 5. The molecule has 0 fully saturated rings. The Morgan fingerprint density at radius 1 is 1.36 bits per heavy atom. The van der Waals surface area contributed by atoms with Crippen molar-refractivity contribution < 1.29 is 18.3 Å². The zero-order chi connectivity index (χ0) is 20.0. The van der Waals surface area contributed by atoms with E-state index in [2.05, 4.69) is 22.2 Å². The standard InChI is InChI=1S/C19H18F2N4O2S/c1-9-11(3)27-14-12(9)5-4-6-13(14)17(26)24-19-23-10(2)15(28-19)16-22-7-8-25(16)18(20)21/h4-9,11,18H,1-3H3,(H,23,24,26). The number of aryl methyl sites for hydroxylation is 1. The van der Waals surface area contributed by atoms with E-state index in [4.69, 9.17) is 4.74 Å². The molecule has 1 N–H and O–H groups in total. The number of hydrogen-bond donors (Lipinski definition) is 1. The summed E-state index contributed by atoms with van der Waals surface area (Å²) in [6, 6.07) is 5.48. The summed E-state index contributed by atoms with van der Waals surface area (Å²) in [7, 11) is 0. The molecule has 146 valence electrons. The molecule has 2 aromatic heterocycles. The molecule has 2 atom stereocenters. The lowest BCUT2D eigenvalue weighted by atomic mass is 9.97. The summed E-state index contributed by atoms with van der Waals surface area (Å²) >= 11 is 1.11. The zero-order valence-electron chi connectivity index (χ0n) is 15.4. The average molecular weight is 404 g/mol. The molecule has 0 saturated heterocycles. The number of fused-ring (bicyclic) bond motifs is 1. The van der Waals surface area contributed by atoms with Crippen LogP contribution in [-0.2, 0) is 0 Å². The minimum absolute atomic E-state index is 0.00846. The number of ether oxygens (including phenoxy) is 1. The van der Waals surface area contributed by atoms with Crippen molar-refractivity contribution in [3.8, 4) is 16.5 Å². The number of rotatable bonds is 4. The van der Waals surface area contributed by atoms with Gasteiger partial charge in [0, 0.05) is 23.9 Å². The number of nitrogens with one attached hydrogen (secondary N) is 1. The summed E-state index contributed by atoms with van der Waals surface area (Å²) in [6.07, 6.45) is 2.52. The highest BCUT2D eigenvalue weighted by Gasteiger charge is 2.31. The largest absolute Gasteiger partial charge is 0.489 e. The van der Waals surface area contributed by atoms with E-state index < -0.39 is 6.55 Å². The molecule has 4 rings (SSSR count). The molecule has 6 nitrogen and oxygen atoms in total. The molecular weight excluding hydrogens is 386 g/mol. The van der Waals surface area contributed by atoms with Crippen molar-refractivity contribution in [2.75, 3.05) is 5.32 Å². The van der Waals surface area contributed by atoms with Gasteiger partial charge < -0.3 is 4.74 Å². The first-order chi connectivity index (χ1) is 13.4. The van der Waals surface area contributed by atoms with Gasteiger partial charge in [0.05, 0.1) is 16.1 Å². The van der Waals surface area contributed by atoms with E-state index in [9.17, 15) is 13.6 Å². The second-order valence-electron chi connectivity index (χ2n) is 6.66. The van der Waals surface area contributed by atoms with Crippen molar-refractivity contribution in [3.63, 3.8) is 0 Å². The van der Waals surface area contributed by atoms with Gasteiger partial charge in [0.2, 0.25) is 0 Å². The van der Waals surface area contributed by atoms with Crippen LogP contribution < -0.4 is 10.1 Å². The normalized spacial score (nSPS) is 18.2. The highest BCUT2D eigenvalue weighted by atomic mass is 32.1. The molecule has 1 aliphatic rings. The summed E-state index contributed by atoms with van der Waals surface area (Å²) in [5.74, 6) is 0.555. The molecule has 2 unspecified atom stereocenters. The molecule has 1 aromatic carbocycles. The fourth-order valence-electron chi connectivity index (χ4n) is 3.23. The number of carbonyl (C=O) groups is 1. The third-order valence-electron chi connectivity index (χ3n) is 4.89. The van der Waals surface area contributed by atoms with Gasteiger partial charge in [-0.25, -0.2) is 9.97 Å². The van der Waals surface area contributed by atoms with E-state index >= 15 is 0 Å². The maximum absolute atomic E-state index is 13.1. The molecule has 1 aliphatic heterocycles. The van der Waals surface area contributed by atoms with Crippen molar-refractivity contribution in [1.29, 1.82) is 0 Å². The molecule has 9 heteroatoms. The van der Waals surface area contributed by atoms with Crippen LogP contribution in [0.1, 0.15) is 47.9 Å². The molecule has 0 bridgehead atoms. The Hall–Kier alpha value is -2.81. The van der Waals surface area contributed by atoms with E-state index in [1.807, 2.05) is 19.1 Å². The van der Waals surface area contributed by atoms with Crippen molar-refractivity contribution >= 4 is 22.4 Å². The first kappa shape index (κ1) is 18.5. The summed E-state index contributed by atoms with van der Waals surface area (Å²) in [4.78, 5) is 21.6. The van der Waals surface area contributed by atoms with E-state index in [0.717, 1.165) is 21.5 Å². The monoisotopic (exact) mass is 404 g/mol. The van der Waals surface area contributed by atoms with Gasteiger partial charge >= 0.3 is 6.55 Å². The van der Waals surface area contributed by atoms with Crippen molar-refractivity contribution in [2.45, 2.75) is 39.3 Å². The van der Waals surface area contributed by atoms with Gasteiger partial charge in [0.15, 0.2) is 11.0 Å². The minimum atomic E-state index is -2.70. The van der Waals surface area contributed by atoms with Crippen LogP contribution in [0.25, 0.3) is 10.7 Å². The predicted molar refractivity (Wildman–Crippen MR) is 102 cm³/mol. The maximum atomic E-state index is 13.1. The van der Waals surface area contributed by atoms with Gasteiger partial charge in [-0.1, -0.05) is 30.4 Å². The molecule has 0 saturated carbocycles. The van der Waals surface area contributed by atoms with Crippen LogP contribution in [-0.4, -0.2) is 26.5 Å². The lowest BCUT2D eigenvalue weighted by Crippen LogP contribution is -2.14. The summed E-state index contributed by atoms with van der Waals surface area (Å²) < 4.78 is 32.9. The SMILES string of the molecule is Cc1nc(NC(=O)c2cccc3c2OC(C)C3C)sc1-c1nccn1C(F)F. The first-order valence-corrected chi connectivity index (χ1v) is 9.58. The van der Waals surface area contributed by atoms with Crippen molar-refractivity contribution in [2.24, 2.45) is 0 Å². The van der Waals surface area contributed by atoms with E-state index in [1.54, 1.807) is 13.0 Å². The van der Waals surface area contributed by atoms with Crippen LogP contribution in [0.3, 0.4) is 0 Å². The van der Waals surface area contributed by atoms with Crippen LogP contribution in [0.15, 0.2) is 30.6 Å². The molecule has 0 radical (unpaired) electrons. The third-order valence-corrected chi connectivity index (χ3v) is 5.96. The maximum Gasteiger partial charge on any atom is 0.320 e. The Kier molecular flexibility index (Phi) is 4.62. The number of alkyl halides is 2. The minimum Gasteiger partial charge on any atom is -0.489 e. The molecule has 3 heterocycles.